The molecule has 0 saturated carbocycles. The van der Waals surface area contributed by atoms with Gasteiger partial charge in [0.1, 0.15) is 0 Å². The molecule has 90 valence electrons. The minimum atomic E-state index is -0.698. The quantitative estimate of drug-likeness (QED) is 0.586. The Kier molecular flexibility index (Phi) is 7.06. The molecule has 2 rings (SSSR count). The number of benzene rings is 2. The Morgan fingerprint density at radius 2 is 1.72 bits per heavy atom. The first-order chi connectivity index (χ1) is 8.77. The molecule has 0 aliphatic carbocycles. The van der Waals surface area contributed by atoms with Crippen molar-refractivity contribution in [3.63, 3.8) is 0 Å². The molecule has 5 heteroatoms. The van der Waals surface area contributed by atoms with E-state index in [1.807, 2.05) is 12.1 Å². The second-order valence-corrected chi connectivity index (χ2v) is 3.23. The minimum absolute atomic E-state index is 0.0959. The van der Waals surface area contributed by atoms with Crippen LogP contribution in [-0.2, 0) is 22.9 Å². The van der Waals surface area contributed by atoms with Crippen LogP contribution in [0.5, 0.6) is 5.75 Å². The summed E-state index contributed by atoms with van der Waals surface area (Å²) in [6.07, 6.45) is 0. The van der Waals surface area contributed by atoms with E-state index in [0.29, 0.717) is 0 Å². The molecule has 1 nitrogen and oxygen atoms in total. The molecule has 0 aliphatic rings. The van der Waals surface area contributed by atoms with Gasteiger partial charge in [-0.05, 0) is 12.1 Å². The summed E-state index contributed by atoms with van der Waals surface area (Å²) in [5.41, 5.74) is 0.741. The fraction of sp³-hybridized carbons (Fsp3) is 0.0769. The van der Waals surface area contributed by atoms with Crippen molar-refractivity contribution in [1.82, 2.24) is 0 Å². The second kappa shape index (κ2) is 8.33. The van der Waals surface area contributed by atoms with Crippen molar-refractivity contribution in [3.05, 3.63) is 65.7 Å². The summed E-state index contributed by atoms with van der Waals surface area (Å²) in [5.74, 6) is -1.74. The van der Waals surface area contributed by atoms with Gasteiger partial charge in [0.05, 0.1) is 6.61 Å². The van der Waals surface area contributed by atoms with Crippen LogP contribution in [0.2, 0.25) is 0 Å². The van der Waals surface area contributed by atoms with Crippen molar-refractivity contribution in [2.24, 2.45) is 0 Å². The summed E-state index contributed by atoms with van der Waals surface area (Å²) >= 11 is 4.25. The van der Waals surface area contributed by atoms with E-state index in [0.717, 1.165) is 17.7 Å². The third kappa shape index (κ3) is 4.47. The first kappa shape index (κ1) is 15.3. The summed E-state index contributed by atoms with van der Waals surface area (Å²) in [5, 5.41) is 0. The topological polar surface area (TPSA) is 9.23 Å². The van der Waals surface area contributed by atoms with Crippen molar-refractivity contribution in [2.45, 2.75) is 6.61 Å². The molecule has 0 saturated heterocycles. The second-order valence-electron chi connectivity index (χ2n) is 3.23. The van der Waals surface area contributed by atoms with Crippen molar-refractivity contribution < 1.29 is 29.9 Å². The van der Waals surface area contributed by atoms with Crippen LogP contribution in [-0.4, -0.2) is 0 Å². The molecular formula is C13H9BrF2OZn. The van der Waals surface area contributed by atoms with Crippen LogP contribution in [0, 0.1) is 17.7 Å². The van der Waals surface area contributed by atoms with E-state index < -0.39 is 11.6 Å². The monoisotopic (exact) mass is 362 g/mol. The summed E-state index contributed by atoms with van der Waals surface area (Å²) in [6.45, 7) is 0.0959. The molecule has 18 heavy (non-hydrogen) atoms. The van der Waals surface area contributed by atoms with Gasteiger partial charge in [-0.25, -0.2) is 8.78 Å². The zero-order valence-corrected chi connectivity index (χ0v) is 14.1. The van der Waals surface area contributed by atoms with Gasteiger partial charge in [-0.1, -0.05) is 6.07 Å². The fourth-order valence-electron chi connectivity index (χ4n) is 1.29. The van der Waals surface area contributed by atoms with Crippen LogP contribution in [0.4, 0.5) is 8.78 Å². The predicted octanol–water partition coefficient (Wildman–Crippen LogP) is 4.19. The maximum atomic E-state index is 13.2. The van der Waals surface area contributed by atoms with Gasteiger partial charge >= 0.3 is 30.0 Å². The molecule has 0 radical (unpaired) electrons. The zero-order chi connectivity index (χ0) is 13.4. The number of halogens is 3. The van der Waals surface area contributed by atoms with E-state index in [1.54, 1.807) is 12.1 Å². The molecule has 0 spiro atoms. The van der Waals surface area contributed by atoms with Crippen molar-refractivity contribution in [1.29, 1.82) is 0 Å². The van der Waals surface area contributed by atoms with Gasteiger partial charge in [0.25, 0.3) is 0 Å². The Labute approximate surface area is 121 Å². The van der Waals surface area contributed by atoms with Crippen molar-refractivity contribution >= 4 is 13.6 Å². The number of hydrogen-bond donors (Lipinski definition) is 0. The van der Waals surface area contributed by atoms with Crippen LogP contribution in [0.3, 0.4) is 0 Å². The number of hydrogen-bond acceptors (Lipinski definition) is 1. The fourth-order valence-corrected chi connectivity index (χ4v) is 1.29. The van der Waals surface area contributed by atoms with Gasteiger partial charge < -0.3 is 4.74 Å². The van der Waals surface area contributed by atoms with E-state index in [1.165, 1.54) is 22.4 Å². The van der Waals surface area contributed by atoms with Crippen molar-refractivity contribution in [2.75, 3.05) is 0 Å². The summed E-state index contributed by atoms with van der Waals surface area (Å²) in [7, 11) is 0. The number of ether oxygens (including phenoxy) is 1. The average Bonchev–Trinajstić information content (AvgIpc) is 2.42. The molecule has 0 aromatic heterocycles. The molecule has 0 unspecified atom stereocenters. The van der Waals surface area contributed by atoms with E-state index >= 15 is 0 Å². The molecule has 2 aromatic carbocycles. The molecule has 0 amide bonds. The molecule has 0 aliphatic heterocycles. The maximum absolute atomic E-state index is 13.2. The normalized spacial score (nSPS) is 9.39. The third-order valence-electron chi connectivity index (χ3n) is 2.06. The van der Waals surface area contributed by atoms with Gasteiger partial charge in [-0.2, -0.15) is 30.3 Å². The standard InChI is InChI=1S/C13H9F2O.BrH.Zn/c14-11-7-4-8-12(15)13(11)16-9-10-5-2-1-3-6-10;;/h1-5,7-8H,9H2;1H;/q-1;;+2/p-1. The van der Waals surface area contributed by atoms with Crippen molar-refractivity contribution in [3.8, 4) is 5.75 Å². The van der Waals surface area contributed by atoms with Crippen LogP contribution in [0.15, 0.2) is 42.5 Å². The van der Waals surface area contributed by atoms with Crippen LogP contribution in [0.25, 0.3) is 0 Å². The van der Waals surface area contributed by atoms with E-state index in [-0.39, 0.29) is 12.4 Å². The Morgan fingerprint density at radius 1 is 1.06 bits per heavy atom. The zero-order valence-electron chi connectivity index (χ0n) is 9.50. The summed E-state index contributed by atoms with van der Waals surface area (Å²) in [4.78, 5) is 0. The van der Waals surface area contributed by atoms with Gasteiger partial charge in [0.15, 0.2) is 17.4 Å². The first-order valence-corrected chi connectivity index (χ1v) is 12.0. The molecule has 0 heterocycles. The predicted molar refractivity (Wildman–Crippen MR) is 64.9 cm³/mol. The average molecular weight is 365 g/mol. The Morgan fingerprint density at radius 3 is 2.28 bits per heavy atom. The van der Waals surface area contributed by atoms with E-state index in [2.05, 4.69) is 19.7 Å². The Bertz CT molecular complexity index is 459. The van der Waals surface area contributed by atoms with Gasteiger partial charge in [0.2, 0.25) is 0 Å². The third-order valence-corrected chi connectivity index (χ3v) is 2.06. The van der Waals surface area contributed by atoms with Crippen LogP contribution < -0.4 is 4.74 Å². The molecule has 0 N–H and O–H groups in total. The van der Waals surface area contributed by atoms with Gasteiger partial charge in [0, 0.05) is 0 Å². The van der Waals surface area contributed by atoms with E-state index in [9.17, 15) is 8.78 Å². The van der Waals surface area contributed by atoms with Crippen LogP contribution >= 0.6 is 13.6 Å². The molecule has 0 fully saturated rings. The Balaban J connectivity index is 0.000000771. The summed E-state index contributed by atoms with van der Waals surface area (Å²) in [6, 6.07) is 13.6. The Hall–Kier alpha value is -0.797. The first-order valence-electron chi connectivity index (χ1n) is 5.06. The van der Waals surface area contributed by atoms with Crippen LogP contribution in [0.1, 0.15) is 5.56 Å². The van der Waals surface area contributed by atoms with E-state index in [4.69, 9.17) is 4.74 Å². The number of rotatable bonds is 3. The molecular weight excluding hydrogens is 355 g/mol. The summed E-state index contributed by atoms with van der Waals surface area (Å²) < 4.78 is 31.4. The molecule has 0 atom stereocenters. The van der Waals surface area contributed by atoms with Gasteiger partial charge in [-0.3, -0.25) is 0 Å². The number of para-hydroxylation sites is 1. The SMILES string of the molecule is Fc1cccc(F)c1OCc1[c-]cccc1.[Zn+][Br]. The van der Waals surface area contributed by atoms with Gasteiger partial charge in [-0.15, -0.1) is 5.56 Å². The molecule has 0 bridgehead atoms. The molecule has 2 aromatic rings.